The lowest BCUT2D eigenvalue weighted by atomic mass is 10.2. The highest BCUT2D eigenvalue weighted by Gasteiger charge is 2.09. The topological polar surface area (TPSA) is 67.6 Å². The zero-order valence-corrected chi connectivity index (χ0v) is 17.6. The fourth-order valence-corrected chi connectivity index (χ4v) is 2.24. The second kappa shape index (κ2) is 11.0. The number of hydrogen-bond acceptors (Lipinski definition) is 4. The Labute approximate surface area is 166 Å². The van der Waals surface area contributed by atoms with E-state index < -0.39 is 0 Å². The molecule has 0 amide bonds. The van der Waals surface area contributed by atoms with Gasteiger partial charge >= 0.3 is 0 Å². The lowest BCUT2D eigenvalue weighted by Crippen LogP contribution is -2.40. The summed E-state index contributed by atoms with van der Waals surface area (Å²) in [5.41, 5.74) is 1.23. The molecule has 0 bridgehead atoms. The SMILES string of the molecule is COCCNC(=NCc1nnc(C)n1C)N(C)Cc1ccccc1.I. The first-order valence-electron chi connectivity index (χ1n) is 7.99. The third kappa shape index (κ3) is 6.62. The second-order valence-corrected chi connectivity index (χ2v) is 5.62. The van der Waals surface area contributed by atoms with Gasteiger partial charge in [0.25, 0.3) is 0 Å². The van der Waals surface area contributed by atoms with Gasteiger partial charge in [-0.25, -0.2) is 4.99 Å². The maximum absolute atomic E-state index is 5.11. The molecule has 0 spiro atoms. The Hall–Kier alpha value is -1.68. The van der Waals surface area contributed by atoms with Crippen molar-refractivity contribution in [3.63, 3.8) is 0 Å². The zero-order valence-electron chi connectivity index (χ0n) is 15.3. The Morgan fingerprint density at radius 1 is 1.28 bits per heavy atom. The summed E-state index contributed by atoms with van der Waals surface area (Å²) in [4.78, 5) is 6.78. The zero-order chi connectivity index (χ0) is 17.4. The summed E-state index contributed by atoms with van der Waals surface area (Å²) in [6.07, 6.45) is 0. The highest BCUT2D eigenvalue weighted by molar-refractivity contribution is 14.0. The number of methoxy groups -OCH3 is 1. The third-order valence-corrected chi connectivity index (χ3v) is 3.77. The van der Waals surface area contributed by atoms with Gasteiger partial charge in [0.2, 0.25) is 0 Å². The van der Waals surface area contributed by atoms with Gasteiger partial charge in [-0.2, -0.15) is 0 Å². The van der Waals surface area contributed by atoms with Gasteiger partial charge in [-0.3, -0.25) is 0 Å². The Morgan fingerprint density at radius 2 is 2.00 bits per heavy atom. The molecule has 138 valence electrons. The molecular formula is C17H27IN6O. The minimum Gasteiger partial charge on any atom is -0.383 e. The predicted molar refractivity (Wildman–Crippen MR) is 110 cm³/mol. The van der Waals surface area contributed by atoms with E-state index in [1.807, 2.05) is 43.8 Å². The van der Waals surface area contributed by atoms with E-state index in [1.165, 1.54) is 5.56 Å². The van der Waals surface area contributed by atoms with E-state index in [1.54, 1.807) is 7.11 Å². The third-order valence-electron chi connectivity index (χ3n) is 3.77. The van der Waals surface area contributed by atoms with Gasteiger partial charge in [0, 0.05) is 34.3 Å². The number of rotatable bonds is 7. The van der Waals surface area contributed by atoms with Crippen molar-refractivity contribution in [3.8, 4) is 0 Å². The molecule has 2 aromatic rings. The van der Waals surface area contributed by atoms with E-state index in [9.17, 15) is 0 Å². The molecule has 2 rings (SSSR count). The van der Waals surface area contributed by atoms with E-state index in [0.717, 1.165) is 24.2 Å². The lowest BCUT2D eigenvalue weighted by molar-refractivity contribution is 0.203. The van der Waals surface area contributed by atoms with Crippen molar-refractivity contribution in [1.29, 1.82) is 0 Å². The van der Waals surface area contributed by atoms with Crippen LogP contribution in [0.2, 0.25) is 0 Å². The fraction of sp³-hybridized carbons (Fsp3) is 0.471. The van der Waals surface area contributed by atoms with Crippen LogP contribution in [0, 0.1) is 6.92 Å². The van der Waals surface area contributed by atoms with Crippen LogP contribution < -0.4 is 5.32 Å². The average Bonchev–Trinajstić information content (AvgIpc) is 2.90. The van der Waals surface area contributed by atoms with E-state index in [0.29, 0.717) is 19.7 Å². The molecule has 1 N–H and O–H groups in total. The largest absolute Gasteiger partial charge is 0.383 e. The van der Waals surface area contributed by atoms with Gasteiger partial charge in [-0.1, -0.05) is 30.3 Å². The highest BCUT2D eigenvalue weighted by Crippen LogP contribution is 2.04. The Bertz CT molecular complexity index is 658. The van der Waals surface area contributed by atoms with Crippen LogP contribution in [0.15, 0.2) is 35.3 Å². The van der Waals surface area contributed by atoms with Gasteiger partial charge in [-0.05, 0) is 12.5 Å². The van der Waals surface area contributed by atoms with Crippen LogP contribution in [0.1, 0.15) is 17.2 Å². The molecule has 1 aromatic heterocycles. The molecule has 1 heterocycles. The van der Waals surface area contributed by atoms with Crippen LogP contribution >= 0.6 is 24.0 Å². The maximum atomic E-state index is 5.11. The maximum Gasteiger partial charge on any atom is 0.194 e. The molecule has 0 fully saturated rings. The first kappa shape index (κ1) is 21.4. The van der Waals surface area contributed by atoms with Crippen molar-refractivity contribution >= 4 is 29.9 Å². The average molecular weight is 458 g/mol. The molecule has 0 saturated heterocycles. The van der Waals surface area contributed by atoms with E-state index in [2.05, 4.69) is 37.5 Å². The van der Waals surface area contributed by atoms with Crippen LogP contribution in [0.25, 0.3) is 0 Å². The summed E-state index contributed by atoms with van der Waals surface area (Å²) in [5, 5.41) is 11.6. The number of hydrogen-bond donors (Lipinski definition) is 1. The number of benzene rings is 1. The van der Waals surface area contributed by atoms with Crippen molar-refractivity contribution in [2.75, 3.05) is 27.3 Å². The molecule has 1 aromatic carbocycles. The molecule has 0 aliphatic carbocycles. The molecule has 0 aliphatic heterocycles. The quantitative estimate of drug-likeness (QED) is 0.298. The molecule has 0 aliphatic rings. The van der Waals surface area contributed by atoms with Gasteiger partial charge in [0.1, 0.15) is 12.4 Å². The number of aryl methyl sites for hydroxylation is 1. The molecule has 0 radical (unpaired) electrons. The predicted octanol–water partition coefficient (Wildman–Crippen LogP) is 1.97. The monoisotopic (exact) mass is 458 g/mol. The highest BCUT2D eigenvalue weighted by atomic mass is 127. The molecule has 25 heavy (non-hydrogen) atoms. The summed E-state index contributed by atoms with van der Waals surface area (Å²) < 4.78 is 7.06. The van der Waals surface area contributed by atoms with Crippen molar-refractivity contribution < 1.29 is 4.74 Å². The summed E-state index contributed by atoms with van der Waals surface area (Å²) in [6, 6.07) is 10.3. The van der Waals surface area contributed by atoms with Crippen LogP contribution in [-0.4, -0.2) is 52.9 Å². The summed E-state index contributed by atoms with van der Waals surface area (Å²) >= 11 is 0. The molecular weight excluding hydrogens is 431 g/mol. The summed E-state index contributed by atoms with van der Waals surface area (Å²) in [7, 11) is 5.66. The number of guanidine groups is 1. The number of aliphatic imine (C=N–C) groups is 1. The van der Waals surface area contributed by atoms with Crippen molar-refractivity contribution in [3.05, 3.63) is 47.5 Å². The molecule has 8 heteroatoms. The van der Waals surface area contributed by atoms with Crippen molar-refractivity contribution in [2.24, 2.45) is 12.0 Å². The van der Waals surface area contributed by atoms with Crippen molar-refractivity contribution in [2.45, 2.75) is 20.0 Å². The Kier molecular flexibility index (Phi) is 9.43. The number of halogens is 1. The van der Waals surface area contributed by atoms with E-state index in [-0.39, 0.29) is 24.0 Å². The molecule has 7 nitrogen and oxygen atoms in total. The second-order valence-electron chi connectivity index (χ2n) is 5.62. The van der Waals surface area contributed by atoms with E-state index in [4.69, 9.17) is 4.74 Å². The van der Waals surface area contributed by atoms with Crippen molar-refractivity contribution in [1.82, 2.24) is 25.0 Å². The molecule has 0 saturated carbocycles. The Morgan fingerprint density at radius 3 is 2.60 bits per heavy atom. The number of nitrogens with zero attached hydrogens (tertiary/aromatic N) is 5. The minimum atomic E-state index is 0. The van der Waals surface area contributed by atoms with Gasteiger partial charge < -0.3 is 19.5 Å². The summed E-state index contributed by atoms with van der Waals surface area (Å²) in [5.74, 6) is 2.54. The van der Waals surface area contributed by atoms with Crippen LogP contribution in [0.4, 0.5) is 0 Å². The number of ether oxygens (including phenoxy) is 1. The summed E-state index contributed by atoms with van der Waals surface area (Å²) in [6.45, 7) is 4.51. The smallest absolute Gasteiger partial charge is 0.194 e. The van der Waals surface area contributed by atoms with Gasteiger partial charge in [0.15, 0.2) is 11.8 Å². The number of nitrogens with one attached hydrogen (secondary N) is 1. The van der Waals surface area contributed by atoms with Gasteiger partial charge in [0.05, 0.1) is 6.61 Å². The lowest BCUT2D eigenvalue weighted by Gasteiger charge is -2.22. The molecule has 0 atom stereocenters. The first-order chi connectivity index (χ1) is 11.6. The van der Waals surface area contributed by atoms with Crippen LogP contribution in [0.5, 0.6) is 0 Å². The normalized spacial score (nSPS) is 11.1. The van der Waals surface area contributed by atoms with Gasteiger partial charge in [-0.15, -0.1) is 34.2 Å². The standard InChI is InChI=1S/C17H26N6O.HI/c1-14-20-21-16(23(14)3)12-19-17(18-10-11-24-4)22(2)13-15-8-6-5-7-9-15;/h5-9H,10-13H2,1-4H3,(H,18,19);1H. The number of aromatic nitrogens is 3. The minimum absolute atomic E-state index is 0. The Balaban J connectivity index is 0.00000312. The first-order valence-corrected chi connectivity index (χ1v) is 7.99. The molecule has 0 unspecified atom stereocenters. The van der Waals surface area contributed by atoms with E-state index >= 15 is 0 Å². The van der Waals surface area contributed by atoms with Crippen LogP contribution in [0.3, 0.4) is 0 Å². The van der Waals surface area contributed by atoms with Crippen LogP contribution in [-0.2, 0) is 24.9 Å². The fourth-order valence-electron chi connectivity index (χ4n) is 2.24.